The Hall–Kier alpha value is -1.51. The number of phenolic OH excluding ortho intramolecular Hbond substituents is 1. The Morgan fingerprint density at radius 3 is 2.79 bits per heavy atom. The lowest BCUT2D eigenvalue weighted by Crippen LogP contribution is -2.34. The third-order valence-electron chi connectivity index (χ3n) is 4.28. The average Bonchev–Trinajstić information content (AvgIpc) is 2.66. The molecule has 1 aromatic rings. The van der Waals surface area contributed by atoms with Crippen molar-refractivity contribution in [2.75, 3.05) is 0 Å². The van der Waals surface area contributed by atoms with Crippen LogP contribution < -0.4 is 0 Å². The maximum atomic E-state index is 12.3. The van der Waals surface area contributed by atoms with E-state index in [0.29, 0.717) is 0 Å². The van der Waals surface area contributed by atoms with Gasteiger partial charge in [-0.3, -0.25) is 4.79 Å². The van der Waals surface area contributed by atoms with Crippen molar-refractivity contribution < 1.29 is 14.6 Å². The van der Waals surface area contributed by atoms with E-state index >= 15 is 0 Å². The third kappa shape index (κ3) is 2.46. The first-order valence-corrected chi connectivity index (χ1v) is 6.84. The van der Waals surface area contributed by atoms with Crippen LogP contribution in [0.4, 0.5) is 0 Å². The minimum atomic E-state index is -0.563. The molecule has 0 saturated heterocycles. The molecule has 0 aliphatic heterocycles. The Morgan fingerprint density at radius 2 is 2.16 bits per heavy atom. The van der Waals surface area contributed by atoms with Crippen molar-refractivity contribution in [2.45, 2.75) is 52.6 Å². The molecule has 0 aromatic heterocycles. The number of carbonyl (C=O) groups is 1. The van der Waals surface area contributed by atoms with E-state index in [9.17, 15) is 9.90 Å². The zero-order valence-corrected chi connectivity index (χ0v) is 12.1. The first-order valence-electron chi connectivity index (χ1n) is 6.84. The molecule has 1 N–H and O–H groups in total. The highest BCUT2D eigenvalue weighted by molar-refractivity contribution is 5.76. The molecule has 2 rings (SSSR count). The number of aromatic hydroxyl groups is 1. The Kier molecular flexibility index (Phi) is 3.33. The number of rotatable bonds is 3. The lowest BCUT2D eigenvalue weighted by atomic mass is 9.89. The molecule has 0 heterocycles. The normalized spacial score (nSPS) is 22.1. The molecule has 0 fully saturated rings. The van der Waals surface area contributed by atoms with Gasteiger partial charge in [-0.05, 0) is 63.3 Å². The lowest BCUT2D eigenvalue weighted by molar-refractivity contribution is -0.170. The number of phenols is 1. The number of ether oxygens (including phenoxy) is 1. The highest BCUT2D eigenvalue weighted by atomic mass is 16.6. The van der Waals surface area contributed by atoms with Gasteiger partial charge in [-0.2, -0.15) is 0 Å². The standard InChI is InChI=1S/C16H22O3/c1-5-15(2,3)14(18)19-16(4)9-8-11-10-12(17)6-7-13(11)16/h6-7,10,17H,5,8-9H2,1-4H3. The van der Waals surface area contributed by atoms with E-state index in [4.69, 9.17) is 4.74 Å². The van der Waals surface area contributed by atoms with Crippen LogP contribution in [0, 0.1) is 5.41 Å². The molecule has 1 unspecified atom stereocenters. The molecule has 3 heteroatoms. The second-order valence-corrected chi connectivity index (χ2v) is 6.20. The molecule has 0 saturated carbocycles. The third-order valence-corrected chi connectivity index (χ3v) is 4.28. The maximum Gasteiger partial charge on any atom is 0.312 e. The predicted molar refractivity (Wildman–Crippen MR) is 73.9 cm³/mol. The number of fused-ring (bicyclic) bond motifs is 1. The Morgan fingerprint density at radius 1 is 1.47 bits per heavy atom. The smallest absolute Gasteiger partial charge is 0.312 e. The lowest BCUT2D eigenvalue weighted by Gasteiger charge is -2.31. The van der Waals surface area contributed by atoms with E-state index in [1.54, 1.807) is 12.1 Å². The van der Waals surface area contributed by atoms with Crippen molar-refractivity contribution in [1.82, 2.24) is 0 Å². The van der Waals surface area contributed by atoms with Gasteiger partial charge in [-0.25, -0.2) is 0 Å². The van der Waals surface area contributed by atoms with E-state index < -0.39 is 11.0 Å². The Labute approximate surface area is 114 Å². The van der Waals surface area contributed by atoms with Gasteiger partial charge in [0, 0.05) is 0 Å². The summed E-state index contributed by atoms with van der Waals surface area (Å²) in [5.41, 5.74) is 1.07. The number of aryl methyl sites for hydroxylation is 1. The van der Waals surface area contributed by atoms with Crippen LogP contribution in [0.25, 0.3) is 0 Å². The van der Waals surface area contributed by atoms with E-state index in [0.717, 1.165) is 30.4 Å². The number of carbonyl (C=O) groups excluding carboxylic acids is 1. The van der Waals surface area contributed by atoms with Crippen LogP contribution in [0.15, 0.2) is 18.2 Å². The largest absolute Gasteiger partial charge is 0.508 e. The zero-order valence-electron chi connectivity index (χ0n) is 12.1. The summed E-state index contributed by atoms with van der Waals surface area (Å²) >= 11 is 0. The summed E-state index contributed by atoms with van der Waals surface area (Å²) in [5, 5.41) is 9.51. The number of benzene rings is 1. The van der Waals surface area contributed by atoms with Gasteiger partial charge in [0.2, 0.25) is 0 Å². The fraction of sp³-hybridized carbons (Fsp3) is 0.562. The maximum absolute atomic E-state index is 12.3. The molecule has 1 aromatic carbocycles. The fourth-order valence-corrected chi connectivity index (χ4v) is 2.40. The zero-order chi connectivity index (χ0) is 14.3. The van der Waals surface area contributed by atoms with Crippen molar-refractivity contribution in [3.8, 4) is 5.75 Å². The van der Waals surface area contributed by atoms with Crippen LogP contribution in [0.3, 0.4) is 0 Å². The van der Waals surface area contributed by atoms with Crippen LogP contribution >= 0.6 is 0 Å². The van der Waals surface area contributed by atoms with Gasteiger partial charge in [-0.1, -0.05) is 13.0 Å². The molecule has 0 bridgehead atoms. The van der Waals surface area contributed by atoms with E-state index in [1.807, 2.05) is 33.8 Å². The van der Waals surface area contributed by atoms with Crippen LogP contribution in [0.5, 0.6) is 5.75 Å². The van der Waals surface area contributed by atoms with Crippen LogP contribution in [-0.2, 0) is 21.6 Å². The number of hydrogen-bond donors (Lipinski definition) is 1. The quantitative estimate of drug-likeness (QED) is 0.848. The Balaban J connectivity index is 2.26. The molecular weight excluding hydrogens is 240 g/mol. The van der Waals surface area contributed by atoms with Gasteiger partial charge >= 0.3 is 5.97 Å². The SMILES string of the molecule is CCC(C)(C)C(=O)OC1(C)CCc2cc(O)ccc21. The van der Waals surface area contributed by atoms with Crippen molar-refractivity contribution in [1.29, 1.82) is 0 Å². The van der Waals surface area contributed by atoms with E-state index in [-0.39, 0.29) is 11.7 Å². The van der Waals surface area contributed by atoms with Crippen molar-refractivity contribution in [2.24, 2.45) is 5.41 Å². The molecule has 3 nitrogen and oxygen atoms in total. The summed E-state index contributed by atoms with van der Waals surface area (Å²) in [7, 11) is 0. The van der Waals surface area contributed by atoms with E-state index in [1.165, 1.54) is 0 Å². The summed E-state index contributed by atoms with van der Waals surface area (Å²) in [6.07, 6.45) is 2.36. The summed E-state index contributed by atoms with van der Waals surface area (Å²) in [6.45, 7) is 7.76. The molecule has 104 valence electrons. The minimum Gasteiger partial charge on any atom is -0.508 e. The van der Waals surface area contributed by atoms with Crippen molar-refractivity contribution in [3.05, 3.63) is 29.3 Å². The topological polar surface area (TPSA) is 46.5 Å². The molecule has 0 spiro atoms. The van der Waals surface area contributed by atoms with Gasteiger partial charge in [0.1, 0.15) is 11.4 Å². The second kappa shape index (κ2) is 4.55. The fourth-order valence-electron chi connectivity index (χ4n) is 2.40. The summed E-state index contributed by atoms with van der Waals surface area (Å²) in [4.78, 5) is 12.3. The van der Waals surface area contributed by atoms with E-state index in [2.05, 4.69) is 0 Å². The molecule has 1 aliphatic carbocycles. The second-order valence-electron chi connectivity index (χ2n) is 6.20. The first-order chi connectivity index (χ1) is 8.78. The molecule has 19 heavy (non-hydrogen) atoms. The minimum absolute atomic E-state index is 0.154. The van der Waals surface area contributed by atoms with Gasteiger partial charge in [0.05, 0.1) is 5.41 Å². The van der Waals surface area contributed by atoms with Gasteiger partial charge in [0.25, 0.3) is 0 Å². The average molecular weight is 262 g/mol. The molecule has 1 atom stereocenters. The summed E-state index contributed by atoms with van der Waals surface area (Å²) in [6, 6.07) is 5.28. The highest BCUT2D eigenvalue weighted by Gasteiger charge is 2.41. The monoisotopic (exact) mass is 262 g/mol. The number of hydrogen-bond acceptors (Lipinski definition) is 3. The molecule has 1 aliphatic rings. The van der Waals surface area contributed by atoms with Crippen molar-refractivity contribution in [3.63, 3.8) is 0 Å². The molecular formula is C16H22O3. The van der Waals surface area contributed by atoms with Gasteiger partial charge < -0.3 is 9.84 Å². The van der Waals surface area contributed by atoms with Crippen LogP contribution in [0.1, 0.15) is 51.7 Å². The highest BCUT2D eigenvalue weighted by Crippen LogP contribution is 2.42. The number of esters is 1. The molecule has 0 amide bonds. The van der Waals surface area contributed by atoms with Gasteiger partial charge in [0.15, 0.2) is 0 Å². The van der Waals surface area contributed by atoms with Gasteiger partial charge in [-0.15, -0.1) is 0 Å². The predicted octanol–water partition coefficient (Wildman–Crippen LogP) is 3.53. The Bertz CT molecular complexity index is 505. The molecule has 0 radical (unpaired) electrons. The summed E-state index contributed by atoms with van der Waals surface area (Å²) < 4.78 is 5.80. The van der Waals surface area contributed by atoms with Crippen LogP contribution in [0.2, 0.25) is 0 Å². The summed E-state index contributed by atoms with van der Waals surface area (Å²) in [5.74, 6) is 0.113. The van der Waals surface area contributed by atoms with Crippen LogP contribution in [-0.4, -0.2) is 11.1 Å². The van der Waals surface area contributed by atoms with Crippen molar-refractivity contribution >= 4 is 5.97 Å². The first kappa shape index (κ1) is 13.9.